The minimum atomic E-state index is 0.444. The highest BCUT2D eigenvalue weighted by atomic mass is 35.5. The van der Waals surface area contributed by atoms with Gasteiger partial charge in [0.05, 0.1) is 0 Å². The van der Waals surface area contributed by atoms with E-state index < -0.39 is 0 Å². The lowest BCUT2D eigenvalue weighted by Gasteiger charge is -2.14. The molecule has 2 heterocycles. The van der Waals surface area contributed by atoms with Gasteiger partial charge < -0.3 is 9.32 Å². The van der Waals surface area contributed by atoms with Crippen LogP contribution in [0.5, 0.6) is 0 Å². The molecule has 2 aliphatic rings. The Morgan fingerprint density at radius 3 is 2.75 bits per heavy atom. The average molecular weight is 290 g/mol. The van der Waals surface area contributed by atoms with Crippen molar-refractivity contribution in [2.45, 2.75) is 31.1 Å². The Labute approximate surface area is 122 Å². The molecule has 4 rings (SSSR count). The van der Waals surface area contributed by atoms with Crippen molar-refractivity contribution in [3.8, 4) is 0 Å². The van der Waals surface area contributed by atoms with Gasteiger partial charge in [0.1, 0.15) is 0 Å². The molecule has 1 saturated heterocycles. The van der Waals surface area contributed by atoms with E-state index in [9.17, 15) is 0 Å². The lowest BCUT2D eigenvalue weighted by molar-refractivity contribution is 0.491. The summed E-state index contributed by atoms with van der Waals surface area (Å²) in [5, 5.41) is 9.19. The van der Waals surface area contributed by atoms with Gasteiger partial charge in [-0.2, -0.15) is 0 Å². The van der Waals surface area contributed by atoms with Crippen LogP contribution in [0.3, 0.4) is 0 Å². The minimum Gasteiger partial charge on any atom is -0.408 e. The van der Waals surface area contributed by atoms with Crippen LogP contribution < -0.4 is 4.90 Å². The Balaban J connectivity index is 1.51. The Morgan fingerprint density at radius 2 is 1.95 bits per heavy atom. The van der Waals surface area contributed by atoms with Gasteiger partial charge in [-0.3, -0.25) is 0 Å². The molecule has 0 amide bonds. The fourth-order valence-corrected chi connectivity index (χ4v) is 3.13. The third kappa shape index (κ3) is 2.18. The Morgan fingerprint density at radius 1 is 1.10 bits per heavy atom. The van der Waals surface area contributed by atoms with Gasteiger partial charge in [0, 0.05) is 29.9 Å². The smallest absolute Gasteiger partial charge is 0.318 e. The SMILES string of the molecule is Clc1ccccc1[C@@H]1CCN(c2nnc(C3CC3)o2)C1. The van der Waals surface area contributed by atoms with Crippen LogP contribution in [0.4, 0.5) is 6.01 Å². The molecule has 104 valence electrons. The van der Waals surface area contributed by atoms with Gasteiger partial charge in [-0.05, 0) is 30.9 Å². The summed E-state index contributed by atoms with van der Waals surface area (Å²) in [5.41, 5.74) is 1.22. The molecule has 20 heavy (non-hydrogen) atoms. The van der Waals surface area contributed by atoms with Crippen molar-refractivity contribution in [3.05, 3.63) is 40.7 Å². The molecule has 0 unspecified atom stereocenters. The predicted octanol–water partition coefficient (Wildman–Crippen LogP) is 3.59. The first-order valence-corrected chi connectivity index (χ1v) is 7.52. The third-order valence-corrected chi connectivity index (χ3v) is 4.50. The van der Waals surface area contributed by atoms with Gasteiger partial charge in [0.25, 0.3) is 0 Å². The van der Waals surface area contributed by atoms with E-state index in [0.717, 1.165) is 30.4 Å². The molecule has 0 bridgehead atoms. The predicted molar refractivity (Wildman–Crippen MR) is 77.3 cm³/mol. The number of hydrogen-bond donors (Lipinski definition) is 0. The standard InChI is InChI=1S/C15H16ClN3O/c16-13-4-2-1-3-12(13)11-7-8-19(9-11)15-18-17-14(20-15)10-5-6-10/h1-4,10-11H,5-9H2/t11-/m1/s1. The molecule has 2 aromatic rings. The quantitative estimate of drug-likeness (QED) is 0.866. The van der Waals surface area contributed by atoms with Crippen LogP contribution in [0.15, 0.2) is 28.7 Å². The molecule has 0 spiro atoms. The van der Waals surface area contributed by atoms with E-state index in [1.165, 1.54) is 18.4 Å². The van der Waals surface area contributed by atoms with Gasteiger partial charge >= 0.3 is 6.01 Å². The highest BCUT2D eigenvalue weighted by Crippen LogP contribution is 2.40. The van der Waals surface area contributed by atoms with Crippen molar-refractivity contribution < 1.29 is 4.42 Å². The number of hydrogen-bond acceptors (Lipinski definition) is 4. The van der Waals surface area contributed by atoms with Crippen molar-refractivity contribution >= 4 is 17.6 Å². The zero-order chi connectivity index (χ0) is 13.5. The summed E-state index contributed by atoms with van der Waals surface area (Å²) in [7, 11) is 0. The summed E-state index contributed by atoms with van der Waals surface area (Å²) in [4.78, 5) is 2.17. The van der Waals surface area contributed by atoms with Crippen LogP contribution in [0, 0.1) is 0 Å². The topological polar surface area (TPSA) is 42.2 Å². The van der Waals surface area contributed by atoms with Gasteiger partial charge in [0.15, 0.2) is 0 Å². The normalized spacial score (nSPS) is 22.4. The fraction of sp³-hybridized carbons (Fsp3) is 0.467. The molecule has 0 N–H and O–H groups in total. The number of halogens is 1. The molecule has 4 nitrogen and oxygen atoms in total. The molecule has 0 radical (unpaired) electrons. The first kappa shape index (κ1) is 12.2. The van der Waals surface area contributed by atoms with E-state index in [2.05, 4.69) is 21.2 Å². The minimum absolute atomic E-state index is 0.444. The first-order chi connectivity index (χ1) is 9.81. The highest BCUT2D eigenvalue weighted by Gasteiger charge is 2.32. The number of benzene rings is 1. The summed E-state index contributed by atoms with van der Waals surface area (Å²) in [6.07, 6.45) is 3.44. The maximum absolute atomic E-state index is 6.28. The molecule has 1 aromatic heterocycles. The van der Waals surface area contributed by atoms with E-state index in [1.54, 1.807) is 0 Å². The largest absolute Gasteiger partial charge is 0.408 e. The molecular formula is C15H16ClN3O. The monoisotopic (exact) mass is 289 g/mol. The Bertz CT molecular complexity index is 623. The average Bonchev–Trinajstić information content (AvgIpc) is 3.01. The van der Waals surface area contributed by atoms with Crippen LogP contribution in [0.2, 0.25) is 5.02 Å². The Hall–Kier alpha value is -1.55. The van der Waals surface area contributed by atoms with E-state index in [0.29, 0.717) is 17.9 Å². The van der Waals surface area contributed by atoms with Gasteiger partial charge in [-0.25, -0.2) is 0 Å². The second-order valence-electron chi connectivity index (χ2n) is 5.65. The summed E-state index contributed by atoms with van der Waals surface area (Å²) >= 11 is 6.28. The summed E-state index contributed by atoms with van der Waals surface area (Å²) in [6, 6.07) is 8.75. The molecule has 1 aliphatic carbocycles. The zero-order valence-electron chi connectivity index (χ0n) is 11.1. The van der Waals surface area contributed by atoms with E-state index >= 15 is 0 Å². The second-order valence-corrected chi connectivity index (χ2v) is 6.06. The van der Waals surface area contributed by atoms with Crippen molar-refractivity contribution in [2.24, 2.45) is 0 Å². The van der Waals surface area contributed by atoms with Crippen LogP contribution in [0.25, 0.3) is 0 Å². The van der Waals surface area contributed by atoms with E-state index in [4.69, 9.17) is 16.0 Å². The molecule has 1 atom stereocenters. The van der Waals surface area contributed by atoms with Crippen LogP contribution in [-0.4, -0.2) is 23.3 Å². The number of nitrogens with zero attached hydrogens (tertiary/aromatic N) is 3. The summed E-state index contributed by atoms with van der Waals surface area (Å²) in [6.45, 7) is 1.85. The molecule has 1 aliphatic heterocycles. The number of aromatic nitrogens is 2. The summed E-state index contributed by atoms with van der Waals surface area (Å²) < 4.78 is 5.78. The molecule has 2 fully saturated rings. The van der Waals surface area contributed by atoms with E-state index in [-0.39, 0.29) is 0 Å². The van der Waals surface area contributed by atoms with E-state index in [1.807, 2.05) is 18.2 Å². The lowest BCUT2D eigenvalue weighted by atomic mass is 9.98. The maximum atomic E-state index is 6.28. The van der Waals surface area contributed by atoms with Crippen molar-refractivity contribution in [1.29, 1.82) is 0 Å². The van der Waals surface area contributed by atoms with Crippen molar-refractivity contribution in [3.63, 3.8) is 0 Å². The maximum Gasteiger partial charge on any atom is 0.318 e. The van der Waals surface area contributed by atoms with Crippen LogP contribution in [-0.2, 0) is 0 Å². The first-order valence-electron chi connectivity index (χ1n) is 7.14. The fourth-order valence-electron chi connectivity index (χ4n) is 2.84. The van der Waals surface area contributed by atoms with Crippen molar-refractivity contribution in [1.82, 2.24) is 10.2 Å². The van der Waals surface area contributed by atoms with Crippen molar-refractivity contribution in [2.75, 3.05) is 18.0 Å². The van der Waals surface area contributed by atoms with Crippen LogP contribution >= 0.6 is 11.6 Å². The zero-order valence-corrected chi connectivity index (χ0v) is 11.9. The van der Waals surface area contributed by atoms with Gasteiger partial charge in [-0.1, -0.05) is 34.9 Å². The lowest BCUT2D eigenvalue weighted by Crippen LogP contribution is -2.19. The molecular weight excluding hydrogens is 274 g/mol. The molecule has 1 saturated carbocycles. The number of anilines is 1. The number of rotatable bonds is 3. The third-order valence-electron chi connectivity index (χ3n) is 4.16. The highest BCUT2D eigenvalue weighted by molar-refractivity contribution is 6.31. The van der Waals surface area contributed by atoms with Crippen LogP contribution in [0.1, 0.15) is 42.6 Å². The van der Waals surface area contributed by atoms with Gasteiger partial charge in [-0.15, -0.1) is 5.10 Å². The molecule has 5 heteroatoms. The Kier molecular flexibility index (Phi) is 2.91. The summed E-state index contributed by atoms with van der Waals surface area (Å²) in [5.74, 6) is 1.76. The molecule has 1 aromatic carbocycles. The second kappa shape index (κ2) is 4.77. The van der Waals surface area contributed by atoms with Gasteiger partial charge in [0.2, 0.25) is 5.89 Å².